The van der Waals surface area contributed by atoms with Gasteiger partial charge in [0.15, 0.2) is 0 Å². The Balaban J connectivity index is 0. The minimum absolute atomic E-state index is 0. The number of nitrogens with two attached hydrogens (primary N) is 1. The summed E-state index contributed by atoms with van der Waals surface area (Å²) in [5.41, 5.74) is 5.73. The fraction of sp³-hybridized carbons (Fsp3) is 1.00. The first kappa shape index (κ1) is 13.0. The lowest BCUT2D eigenvalue weighted by Crippen LogP contribution is -2.17. The third kappa shape index (κ3) is 5.21. The zero-order valence-corrected chi connectivity index (χ0v) is 8.02. The van der Waals surface area contributed by atoms with Gasteiger partial charge >= 0.3 is 0 Å². The highest BCUT2D eigenvalue weighted by Crippen LogP contribution is 2.14. The van der Waals surface area contributed by atoms with E-state index >= 15 is 0 Å². The monoisotopic (exact) mass is 211 g/mol. The molecule has 0 bridgehead atoms. The molecule has 0 heterocycles. The first-order valence-corrected chi connectivity index (χ1v) is 3.65. The maximum atomic E-state index is 5.73. The van der Waals surface area contributed by atoms with E-state index in [1.54, 1.807) is 0 Å². The van der Waals surface area contributed by atoms with Crippen LogP contribution in [0.5, 0.6) is 0 Å². The Kier molecular flexibility index (Phi) is 9.78. The number of halogens is 1. The van der Waals surface area contributed by atoms with Gasteiger partial charge in [0.1, 0.15) is 0 Å². The Morgan fingerprint density at radius 3 is 1.70 bits per heavy atom. The van der Waals surface area contributed by atoms with E-state index in [1.165, 1.54) is 38.5 Å². The van der Waals surface area contributed by atoms with Crippen molar-refractivity contribution < 1.29 is 5.48 Å². The van der Waals surface area contributed by atoms with Gasteiger partial charge in [-0.2, -0.15) is 0 Å². The molecule has 0 spiro atoms. The highest BCUT2D eigenvalue weighted by molar-refractivity contribution is 8.93. The summed E-state index contributed by atoms with van der Waals surface area (Å²) in [5, 5.41) is 0. The molecule has 3 heteroatoms. The van der Waals surface area contributed by atoms with E-state index in [1.807, 2.05) is 0 Å². The topological polar surface area (TPSA) is 57.5 Å². The molecular weight excluding hydrogens is 194 g/mol. The molecule has 1 rings (SSSR count). The Hall–Kier alpha value is 0.400. The van der Waals surface area contributed by atoms with Crippen molar-refractivity contribution in [3.05, 3.63) is 0 Å². The molecule has 0 atom stereocenters. The minimum Gasteiger partial charge on any atom is -0.412 e. The molecule has 0 amide bonds. The van der Waals surface area contributed by atoms with Crippen LogP contribution in [0.2, 0.25) is 0 Å². The molecule has 64 valence electrons. The van der Waals surface area contributed by atoms with E-state index in [4.69, 9.17) is 5.73 Å². The summed E-state index contributed by atoms with van der Waals surface area (Å²) < 4.78 is 0. The molecular formula is C7H18BrNO. The van der Waals surface area contributed by atoms with Crippen LogP contribution < -0.4 is 5.73 Å². The summed E-state index contributed by atoms with van der Waals surface area (Å²) in [6.07, 6.45) is 8.07. The highest BCUT2D eigenvalue weighted by atomic mass is 79.9. The lowest BCUT2D eigenvalue weighted by Gasteiger charge is -2.03. The maximum Gasteiger partial charge on any atom is 0.00388 e. The predicted molar refractivity (Wildman–Crippen MR) is 49.6 cm³/mol. The zero-order chi connectivity index (χ0) is 5.82. The van der Waals surface area contributed by atoms with Crippen molar-refractivity contribution in [1.29, 1.82) is 0 Å². The molecule has 0 saturated heterocycles. The Bertz CT molecular complexity index is 62.6. The molecule has 0 aromatic carbocycles. The van der Waals surface area contributed by atoms with Crippen molar-refractivity contribution in [3.63, 3.8) is 0 Å². The second-order valence-electron chi connectivity index (χ2n) is 2.75. The smallest absolute Gasteiger partial charge is 0.00388 e. The summed E-state index contributed by atoms with van der Waals surface area (Å²) in [4.78, 5) is 0. The number of hydrogen-bond donors (Lipinski definition) is 1. The average Bonchev–Trinajstić information content (AvgIpc) is 1.94. The van der Waals surface area contributed by atoms with Gasteiger partial charge in [0.2, 0.25) is 0 Å². The summed E-state index contributed by atoms with van der Waals surface area (Å²) in [6.45, 7) is 0. The van der Waals surface area contributed by atoms with Gasteiger partial charge in [-0.25, -0.2) is 0 Å². The van der Waals surface area contributed by atoms with E-state index in [2.05, 4.69) is 0 Å². The van der Waals surface area contributed by atoms with Crippen molar-refractivity contribution in [2.24, 2.45) is 5.73 Å². The van der Waals surface area contributed by atoms with Crippen LogP contribution in [0.3, 0.4) is 0 Å². The van der Waals surface area contributed by atoms with Crippen LogP contribution in [0.1, 0.15) is 38.5 Å². The van der Waals surface area contributed by atoms with Gasteiger partial charge in [0.25, 0.3) is 0 Å². The van der Waals surface area contributed by atoms with Crippen LogP contribution in [0.15, 0.2) is 0 Å². The molecule has 2 nitrogen and oxygen atoms in total. The fourth-order valence-electron chi connectivity index (χ4n) is 1.31. The third-order valence-corrected chi connectivity index (χ3v) is 1.90. The van der Waals surface area contributed by atoms with E-state index in [0.29, 0.717) is 6.04 Å². The molecule has 1 fully saturated rings. The summed E-state index contributed by atoms with van der Waals surface area (Å²) in [6, 6.07) is 0.525. The maximum absolute atomic E-state index is 5.73. The van der Waals surface area contributed by atoms with Crippen LogP contribution in [0, 0.1) is 0 Å². The summed E-state index contributed by atoms with van der Waals surface area (Å²) >= 11 is 0. The van der Waals surface area contributed by atoms with Crippen molar-refractivity contribution in [2.75, 3.05) is 0 Å². The minimum atomic E-state index is 0. The van der Waals surface area contributed by atoms with Gasteiger partial charge in [-0.05, 0) is 12.8 Å². The molecule has 10 heavy (non-hydrogen) atoms. The van der Waals surface area contributed by atoms with Gasteiger partial charge in [0, 0.05) is 6.04 Å². The molecule has 0 radical (unpaired) electrons. The first-order valence-electron chi connectivity index (χ1n) is 3.65. The fourth-order valence-corrected chi connectivity index (χ4v) is 1.31. The molecule has 0 aliphatic heterocycles. The molecule has 1 aliphatic carbocycles. The quantitative estimate of drug-likeness (QED) is 0.606. The normalized spacial score (nSPS) is 20.1. The number of rotatable bonds is 0. The van der Waals surface area contributed by atoms with Gasteiger partial charge < -0.3 is 11.2 Å². The van der Waals surface area contributed by atoms with Crippen LogP contribution >= 0.6 is 17.0 Å². The average molecular weight is 212 g/mol. The molecule has 1 saturated carbocycles. The molecule has 0 unspecified atom stereocenters. The lowest BCUT2D eigenvalue weighted by atomic mass is 10.1. The van der Waals surface area contributed by atoms with Gasteiger partial charge in [-0.1, -0.05) is 25.7 Å². The Labute approximate surface area is 73.3 Å². The van der Waals surface area contributed by atoms with Crippen LogP contribution in [-0.2, 0) is 0 Å². The zero-order valence-electron chi connectivity index (χ0n) is 6.31. The van der Waals surface area contributed by atoms with Gasteiger partial charge in [-0.3, -0.25) is 0 Å². The van der Waals surface area contributed by atoms with Gasteiger partial charge in [0.05, 0.1) is 0 Å². The van der Waals surface area contributed by atoms with Crippen LogP contribution in [0.4, 0.5) is 0 Å². The largest absolute Gasteiger partial charge is 0.412 e. The van der Waals surface area contributed by atoms with Crippen molar-refractivity contribution in [2.45, 2.75) is 44.6 Å². The third-order valence-electron chi connectivity index (χ3n) is 1.90. The van der Waals surface area contributed by atoms with Crippen molar-refractivity contribution >= 4 is 17.0 Å². The van der Waals surface area contributed by atoms with Crippen molar-refractivity contribution in [1.82, 2.24) is 0 Å². The number of hydrogen-bond acceptors (Lipinski definition) is 1. The Morgan fingerprint density at radius 1 is 0.900 bits per heavy atom. The van der Waals surface area contributed by atoms with E-state index < -0.39 is 0 Å². The van der Waals surface area contributed by atoms with Crippen molar-refractivity contribution in [3.8, 4) is 0 Å². The second-order valence-corrected chi connectivity index (χ2v) is 2.75. The second kappa shape index (κ2) is 7.51. The first-order chi connectivity index (χ1) is 3.89. The Morgan fingerprint density at radius 2 is 1.30 bits per heavy atom. The van der Waals surface area contributed by atoms with Gasteiger partial charge in [-0.15, -0.1) is 17.0 Å². The molecule has 1 aliphatic rings. The molecule has 0 aromatic heterocycles. The van der Waals surface area contributed by atoms with Crippen LogP contribution in [0.25, 0.3) is 0 Å². The molecule has 4 N–H and O–H groups in total. The van der Waals surface area contributed by atoms with E-state index in [-0.39, 0.29) is 22.5 Å². The molecule has 0 aromatic rings. The lowest BCUT2D eigenvalue weighted by molar-refractivity contribution is 0.583. The predicted octanol–water partition coefficient (Wildman–Crippen LogP) is 1.42. The summed E-state index contributed by atoms with van der Waals surface area (Å²) in [5.74, 6) is 0. The van der Waals surface area contributed by atoms with E-state index in [0.717, 1.165) is 0 Å². The van der Waals surface area contributed by atoms with Crippen LogP contribution in [-0.4, -0.2) is 11.5 Å². The standard InChI is InChI=1S/C7H15N.BrH.H2O/c8-7-5-3-1-2-4-6-7;;/h7H,1-6,8H2;1H;1H2. The van der Waals surface area contributed by atoms with E-state index in [9.17, 15) is 0 Å². The summed E-state index contributed by atoms with van der Waals surface area (Å²) in [7, 11) is 0. The SMILES string of the molecule is Br.NC1CCCCCC1.O. The highest BCUT2D eigenvalue weighted by Gasteiger charge is 2.05.